The zero-order valence-electron chi connectivity index (χ0n) is 14.2. The molecule has 3 aromatic heterocycles. The van der Waals surface area contributed by atoms with Crippen LogP contribution in [0.2, 0.25) is 0 Å². The third-order valence-electron chi connectivity index (χ3n) is 4.52. The molecule has 0 N–H and O–H groups in total. The van der Waals surface area contributed by atoms with Gasteiger partial charge in [-0.15, -0.1) is 5.10 Å². The number of fused-ring (bicyclic) bond motifs is 2. The highest BCUT2D eigenvalue weighted by Gasteiger charge is 2.11. The van der Waals surface area contributed by atoms with E-state index in [0.29, 0.717) is 23.4 Å². The standard InChI is InChI=1S/C21H14FN5/c22-17-8-2-5-15(12-17)18-9-10-19-21(24-18)27(26-25-19)13-16-6-1-4-14-7-3-11-23-20(14)16/h1-12H,13H2. The van der Waals surface area contributed by atoms with Crippen molar-refractivity contribution < 1.29 is 4.39 Å². The van der Waals surface area contributed by atoms with Gasteiger partial charge in [0.05, 0.1) is 17.8 Å². The highest BCUT2D eigenvalue weighted by atomic mass is 19.1. The van der Waals surface area contributed by atoms with E-state index in [1.165, 1.54) is 12.1 Å². The zero-order valence-corrected chi connectivity index (χ0v) is 14.2. The van der Waals surface area contributed by atoms with Crippen LogP contribution in [0.1, 0.15) is 5.56 Å². The van der Waals surface area contributed by atoms with Crippen LogP contribution in [0, 0.1) is 5.82 Å². The summed E-state index contributed by atoms with van der Waals surface area (Å²) in [7, 11) is 0. The summed E-state index contributed by atoms with van der Waals surface area (Å²) in [6.07, 6.45) is 1.78. The molecule has 5 nitrogen and oxygen atoms in total. The molecule has 0 aliphatic rings. The highest BCUT2D eigenvalue weighted by molar-refractivity contribution is 5.82. The van der Waals surface area contributed by atoms with Gasteiger partial charge in [0.15, 0.2) is 5.65 Å². The number of para-hydroxylation sites is 1. The Morgan fingerprint density at radius 1 is 0.926 bits per heavy atom. The molecular weight excluding hydrogens is 341 g/mol. The third kappa shape index (κ3) is 2.81. The molecular formula is C21H14FN5. The van der Waals surface area contributed by atoms with Gasteiger partial charge in [0.25, 0.3) is 0 Å². The minimum Gasteiger partial charge on any atom is -0.256 e. The summed E-state index contributed by atoms with van der Waals surface area (Å²) < 4.78 is 15.3. The monoisotopic (exact) mass is 355 g/mol. The van der Waals surface area contributed by atoms with Crippen LogP contribution >= 0.6 is 0 Å². The molecule has 27 heavy (non-hydrogen) atoms. The van der Waals surface area contributed by atoms with E-state index in [0.717, 1.165) is 22.0 Å². The summed E-state index contributed by atoms with van der Waals surface area (Å²) in [5.74, 6) is -0.289. The Morgan fingerprint density at radius 3 is 2.74 bits per heavy atom. The van der Waals surface area contributed by atoms with Gasteiger partial charge in [-0.2, -0.15) is 0 Å². The minimum atomic E-state index is -0.289. The molecule has 0 bridgehead atoms. The van der Waals surface area contributed by atoms with Crippen molar-refractivity contribution in [2.24, 2.45) is 0 Å². The van der Waals surface area contributed by atoms with Crippen molar-refractivity contribution in [1.82, 2.24) is 25.0 Å². The lowest BCUT2D eigenvalue weighted by Gasteiger charge is -2.07. The van der Waals surface area contributed by atoms with Crippen LogP contribution in [0.3, 0.4) is 0 Å². The van der Waals surface area contributed by atoms with Crippen molar-refractivity contribution >= 4 is 22.1 Å². The molecule has 0 fully saturated rings. The van der Waals surface area contributed by atoms with E-state index in [1.54, 1.807) is 16.9 Å². The Hall–Kier alpha value is -3.67. The zero-order chi connectivity index (χ0) is 18.2. The van der Waals surface area contributed by atoms with Crippen molar-refractivity contribution in [3.05, 3.63) is 84.3 Å². The lowest BCUT2D eigenvalue weighted by Crippen LogP contribution is -2.04. The molecule has 0 aliphatic heterocycles. The summed E-state index contributed by atoms with van der Waals surface area (Å²) >= 11 is 0. The third-order valence-corrected chi connectivity index (χ3v) is 4.52. The van der Waals surface area contributed by atoms with Crippen molar-refractivity contribution in [2.75, 3.05) is 0 Å². The Balaban J connectivity index is 1.60. The lowest BCUT2D eigenvalue weighted by atomic mass is 10.1. The second-order valence-electron chi connectivity index (χ2n) is 6.29. The predicted molar refractivity (Wildman–Crippen MR) is 102 cm³/mol. The number of rotatable bonds is 3. The molecule has 0 spiro atoms. The maximum Gasteiger partial charge on any atom is 0.179 e. The van der Waals surface area contributed by atoms with Crippen LogP contribution in [0.4, 0.5) is 4.39 Å². The predicted octanol–water partition coefficient (Wildman–Crippen LogP) is 4.23. The molecule has 5 aromatic rings. The second-order valence-corrected chi connectivity index (χ2v) is 6.29. The van der Waals surface area contributed by atoms with Crippen molar-refractivity contribution in [3.8, 4) is 11.3 Å². The Morgan fingerprint density at radius 2 is 1.81 bits per heavy atom. The molecule has 5 rings (SSSR count). The van der Waals surface area contributed by atoms with Crippen LogP contribution in [-0.2, 0) is 6.54 Å². The van der Waals surface area contributed by atoms with E-state index in [4.69, 9.17) is 0 Å². The van der Waals surface area contributed by atoms with Crippen LogP contribution in [0.15, 0.2) is 72.9 Å². The number of halogens is 1. The highest BCUT2D eigenvalue weighted by Crippen LogP contribution is 2.22. The Kier molecular flexibility index (Phi) is 3.60. The van der Waals surface area contributed by atoms with Gasteiger partial charge in [0.2, 0.25) is 0 Å². The number of benzene rings is 2. The molecule has 0 radical (unpaired) electrons. The molecule has 0 saturated carbocycles. The van der Waals surface area contributed by atoms with Gasteiger partial charge in [-0.1, -0.05) is 41.6 Å². The molecule has 130 valence electrons. The fraction of sp³-hybridized carbons (Fsp3) is 0.0476. The molecule has 0 amide bonds. The van der Waals surface area contributed by atoms with E-state index in [2.05, 4.69) is 20.3 Å². The smallest absolute Gasteiger partial charge is 0.179 e. The number of aromatic nitrogens is 5. The molecule has 3 heterocycles. The number of pyridine rings is 2. The Labute approximate surface area is 154 Å². The molecule has 0 aliphatic carbocycles. The van der Waals surface area contributed by atoms with E-state index in [9.17, 15) is 4.39 Å². The molecule has 0 saturated heterocycles. The van der Waals surface area contributed by atoms with Gasteiger partial charge in [-0.05, 0) is 35.9 Å². The summed E-state index contributed by atoms with van der Waals surface area (Å²) in [4.78, 5) is 9.17. The lowest BCUT2D eigenvalue weighted by molar-refractivity contribution is 0.628. The summed E-state index contributed by atoms with van der Waals surface area (Å²) in [6, 6.07) is 20.1. The number of hydrogen-bond donors (Lipinski definition) is 0. The van der Waals surface area contributed by atoms with Gasteiger partial charge in [-0.25, -0.2) is 14.1 Å². The van der Waals surface area contributed by atoms with Gasteiger partial charge >= 0.3 is 0 Å². The van der Waals surface area contributed by atoms with Gasteiger partial charge in [0, 0.05) is 17.1 Å². The first-order valence-corrected chi connectivity index (χ1v) is 8.57. The number of nitrogens with zero attached hydrogens (tertiary/aromatic N) is 5. The van der Waals surface area contributed by atoms with Gasteiger partial charge in [-0.3, -0.25) is 4.98 Å². The van der Waals surface area contributed by atoms with E-state index < -0.39 is 0 Å². The SMILES string of the molecule is Fc1cccc(-c2ccc3nnn(Cc4cccc5cccnc45)c3n2)c1. The Bertz CT molecular complexity index is 1270. The van der Waals surface area contributed by atoms with Crippen molar-refractivity contribution in [3.63, 3.8) is 0 Å². The van der Waals surface area contributed by atoms with Crippen LogP contribution in [0.25, 0.3) is 33.3 Å². The van der Waals surface area contributed by atoms with Gasteiger partial charge in [0.1, 0.15) is 11.3 Å². The average Bonchev–Trinajstić information content (AvgIpc) is 3.10. The summed E-state index contributed by atoms with van der Waals surface area (Å²) in [6.45, 7) is 0.504. The first-order valence-electron chi connectivity index (χ1n) is 8.57. The molecule has 0 atom stereocenters. The fourth-order valence-electron chi connectivity index (χ4n) is 3.22. The summed E-state index contributed by atoms with van der Waals surface area (Å²) in [5.41, 5.74) is 4.73. The van der Waals surface area contributed by atoms with Gasteiger partial charge < -0.3 is 0 Å². The maximum absolute atomic E-state index is 13.6. The van der Waals surface area contributed by atoms with Crippen LogP contribution < -0.4 is 0 Å². The second kappa shape index (κ2) is 6.25. The van der Waals surface area contributed by atoms with Crippen LogP contribution in [-0.4, -0.2) is 25.0 Å². The van der Waals surface area contributed by atoms with E-state index in [1.807, 2.05) is 48.5 Å². The first kappa shape index (κ1) is 15.6. The normalized spacial score (nSPS) is 11.3. The fourth-order valence-corrected chi connectivity index (χ4v) is 3.22. The van der Waals surface area contributed by atoms with Crippen molar-refractivity contribution in [2.45, 2.75) is 6.54 Å². The average molecular weight is 355 g/mol. The van der Waals surface area contributed by atoms with Crippen LogP contribution in [0.5, 0.6) is 0 Å². The van der Waals surface area contributed by atoms with E-state index in [-0.39, 0.29) is 5.82 Å². The number of hydrogen-bond acceptors (Lipinski definition) is 4. The molecule has 6 heteroatoms. The summed E-state index contributed by atoms with van der Waals surface area (Å²) in [5, 5.41) is 9.53. The quantitative estimate of drug-likeness (QED) is 0.486. The topological polar surface area (TPSA) is 56.5 Å². The maximum atomic E-state index is 13.6. The van der Waals surface area contributed by atoms with Crippen molar-refractivity contribution in [1.29, 1.82) is 0 Å². The van der Waals surface area contributed by atoms with E-state index >= 15 is 0 Å². The first-order chi connectivity index (χ1) is 13.3. The molecule has 0 unspecified atom stereocenters. The minimum absolute atomic E-state index is 0.289. The largest absolute Gasteiger partial charge is 0.256 e. The molecule has 2 aromatic carbocycles.